The molecule has 0 radical (unpaired) electrons. The molecule has 0 bridgehead atoms. The van der Waals surface area contributed by atoms with Crippen LogP contribution in [0.2, 0.25) is 0 Å². The smallest absolute Gasteiger partial charge is 0.264 e. The first-order valence-electron chi connectivity index (χ1n) is 6.52. The van der Waals surface area contributed by atoms with Crippen molar-refractivity contribution >= 4 is 17.3 Å². The van der Waals surface area contributed by atoms with Crippen molar-refractivity contribution < 1.29 is 9.53 Å². The van der Waals surface area contributed by atoms with Crippen LogP contribution in [0.4, 0.5) is 11.4 Å². The van der Waals surface area contributed by atoms with Gasteiger partial charge in [0.1, 0.15) is 5.75 Å². The summed E-state index contributed by atoms with van der Waals surface area (Å²) in [4.78, 5) is 15.4. The van der Waals surface area contributed by atoms with Crippen molar-refractivity contribution in [3.8, 4) is 5.75 Å². The van der Waals surface area contributed by atoms with Crippen molar-refractivity contribution in [2.75, 3.05) is 37.0 Å². The second-order valence-corrected chi connectivity index (χ2v) is 5.61. The number of nitrogens with zero attached hydrogens (tertiary/aromatic N) is 2. The van der Waals surface area contributed by atoms with E-state index in [0.717, 1.165) is 36.5 Å². The molecule has 0 aromatic heterocycles. The zero-order valence-corrected chi connectivity index (χ0v) is 11.3. The summed E-state index contributed by atoms with van der Waals surface area (Å²) in [6.45, 7) is 0.953. The van der Waals surface area contributed by atoms with Crippen molar-refractivity contribution in [1.29, 1.82) is 0 Å². The maximum absolute atomic E-state index is 11.6. The molecule has 1 aromatic rings. The largest absolute Gasteiger partial charge is 0.482 e. The van der Waals surface area contributed by atoms with Gasteiger partial charge in [-0.2, -0.15) is 0 Å². The lowest BCUT2D eigenvalue weighted by Crippen LogP contribution is -2.38. The van der Waals surface area contributed by atoms with Gasteiger partial charge in [0.15, 0.2) is 6.61 Å². The van der Waals surface area contributed by atoms with Gasteiger partial charge in [-0.15, -0.1) is 0 Å². The molecular formula is C14H19N3O2. The Labute approximate surface area is 112 Å². The van der Waals surface area contributed by atoms with Crippen LogP contribution in [0, 0.1) is 0 Å². The predicted octanol–water partition coefficient (Wildman–Crippen LogP) is 0.969. The molecule has 1 aliphatic carbocycles. The van der Waals surface area contributed by atoms with Crippen LogP contribution >= 0.6 is 0 Å². The monoisotopic (exact) mass is 261 g/mol. The van der Waals surface area contributed by atoms with Gasteiger partial charge >= 0.3 is 0 Å². The fourth-order valence-corrected chi connectivity index (χ4v) is 2.38. The zero-order valence-electron chi connectivity index (χ0n) is 11.3. The van der Waals surface area contributed by atoms with Gasteiger partial charge in [-0.1, -0.05) is 0 Å². The lowest BCUT2D eigenvalue weighted by molar-refractivity contribution is -0.120. The molecule has 102 valence electrons. The highest BCUT2D eigenvalue weighted by atomic mass is 16.5. The van der Waals surface area contributed by atoms with E-state index < -0.39 is 0 Å². The molecule has 2 N–H and O–H groups in total. The number of nitrogens with two attached hydrogens (primary N) is 1. The van der Waals surface area contributed by atoms with E-state index in [-0.39, 0.29) is 18.1 Å². The Morgan fingerprint density at radius 2 is 2.21 bits per heavy atom. The highest BCUT2D eigenvalue weighted by Gasteiger charge is 2.39. The zero-order chi connectivity index (χ0) is 13.6. The topological polar surface area (TPSA) is 58.8 Å². The first kappa shape index (κ1) is 12.3. The van der Waals surface area contributed by atoms with Crippen LogP contribution in [0.3, 0.4) is 0 Å². The van der Waals surface area contributed by atoms with E-state index in [1.165, 1.54) is 0 Å². The molecule has 19 heavy (non-hydrogen) atoms. The van der Waals surface area contributed by atoms with Crippen LogP contribution in [0.25, 0.3) is 0 Å². The predicted molar refractivity (Wildman–Crippen MR) is 74.8 cm³/mol. The van der Waals surface area contributed by atoms with Gasteiger partial charge in [0.05, 0.1) is 5.69 Å². The van der Waals surface area contributed by atoms with E-state index >= 15 is 0 Å². The number of carbonyl (C=O) groups excluding carboxylic acids is 1. The third-order valence-electron chi connectivity index (χ3n) is 3.91. The summed E-state index contributed by atoms with van der Waals surface area (Å²) in [5.74, 6) is 0.734. The number of benzene rings is 1. The van der Waals surface area contributed by atoms with E-state index in [1.807, 2.05) is 25.2 Å². The number of ether oxygens (including phenoxy) is 1. The number of carbonyl (C=O) groups is 1. The van der Waals surface area contributed by atoms with E-state index in [9.17, 15) is 4.79 Å². The normalized spacial score (nSPS) is 19.7. The minimum Gasteiger partial charge on any atom is -0.482 e. The molecule has 3 rings (SSSR count). The van der Waals surface area contributed by atoms with Crippen molar-refractivity contribution in [2.24, 2.45) is 5.73 Å². The molecule has 1 heterocycles. The fraction of sp³-hybridized carbons (Fsp3) is 0.500. The summed E-state index contributed by atoms with van der Waals surface area (Å²) in [5, 5.41) is 0. The second kappa shape index (κ2) is 4.13. The first-order chi connectivity index (χ1) is 8.98. The molecule has 0 spiro atoms. The molecule has 1 saturated carbocycles. The molecule has 1 amide bonds. The Kier molecular flexibility index (Phi) is 2.67. The standard InChI is InChI=1S/C14H19N3O2/c1-16(9-14(15)5-6-14)10-3-4-12-11(7-10)17(2)13(18)8-19-12/h3-4,7H,5-6,8-9,15H2,1-2H3. The van der Waals surface area contributed by atoms with Crippen molar-refractivity contribution in [3.63, 3.8) is 0 Å². The summed E-state index contributed by atoms with van der Waals surface area (Å²) < 4.78 is 5.42. The molecule has 0 unspecified atom stereocenters. The maximum atomic E-state index is 11.6. The number of likely N-dealkylation sites (N-methyl/N-ethyl adjacent to an activating group) is 2. The van der Waals surface area contributed by atoms with Gasteiger partial charge in [0.25, 0.3) is 5.91 Å². The molecule has 1 aliphatic heterocycles. The van der Waals surface area contributed by atoms with Crippen LogP contribution < -0.4 is 20.3 Å². The van der Waals surface area contributed by atoms with E-state index in [1.54, 1.807) is 11.9 Å². The van der Waals surface area contributed by atoms with Crippen LogP contribution in [-0.4, -0.2) is 38.7 Å². The average molecular weight is 261 g/mol. The minimum atomic E-state index is -0.0249. The number of fused-ring (bicyclic) bond motifs is 1. The maximum Gasteiger partial charge on any atom is 0.264 e. The summed E-state index contributed by atoms with van der Waals surface area (Å²) in [7, 11) is 3.80. The van der Waals surface area contributed by atoms with E-state index in [2.05, 4.69) is 4.90 Å². The quantitative estimate of drug-likeness (QED) is 0.881. The van der Waals surface area contributed by atoms with Crippen molar-refractivity contribution in [3.05, 3.63) is 18.2 Å². The van der Waals surface area contributed by atoms with E-state index in [4.69, 9.17) is 10.5 Å². The SMILES string of the molecule is CN(CC1(N)CC1)c1ccc2c(c1)N(C)C(=O)CO2. The third-order valence-corrected chi connectivity index (χ3v) is 3.91. The fourth-order valence-electron chi connectivity index (χ4n) is 2.38. The summed E-state index contributed by atoms with van der Waals surface area (Å²) in [6.07, 6.45) is 2.17. The lowest BCUT2D eigenvalue weighted by Gasteiger charge is -2.29. The number of rotatable bonds is 3. The van der Waals surface area contributed by atoms with Gasteiger partial charge in [-0.25, -0.2) is 0 Å². The van der Waals surface area contributed by atoms with E-state index in [0.29, 0.717) is 0 Å². The number of amides is 1. The minimum absolute atomic E-state index is 0.0233. The van der Waals surface area contributed by atoms with Crippen LogP contribution in [0.15, 0.2) is 18.2 Å². The van der Waals surface area contributed by atoms with Crippen LogP contribution in [0.1, 0.15) is 12.8 Å². The highest BCUT2D eigenvalue weighted by molar-refractivity contribution is 5.97. The number of hydrogen-bond donors (Lipinski definition) is 1. The summed E-state index contributed by atoms with van der Waals surface area (Å²) in [5.41, 5.74) is 7.99. The van der Waals surface area contributed by atoms with Crippen LogP contribution in [-0.2, 0) is 4.79 Å². The molecule has 1 fully saturated rings. The first-order valence-corrected chi connectivity index (χ1v) is 6.52. The molecular weight excluding hydrogens is 242 g/mol. The van der Waals surface area contributed by atoms with Gasteiger partial charge in [-0.05, 0) is 31.0 Å². The highest BCUT2D eigenvalue weighted by Crippen LogP contribution is 2.37. The lowest BCUT2D eigenvalue weighted by atomic mass is 10.2. The molecule has 0 saturated heterocycles. The Morgan fingerprint density at radius 3 is 2.89 bits per heavy atom. The average Bonchev–Trinajstić information content (AvgIpc) is 3.11. The Bertz CT molecular complexity index is 525. The number of hydrogen-bond acceptors (Lipinski definition) is 4. The second-order valence-electron chi connectivity index (χ2n) is 5.61. The molecule has 5 heteroatoms. The molecule has 5 nitrogen and oxygen atoms in total. The molecule has 1 aromatic carbocycles. The Morgan fingerprint density at radius 1 is 1.47 bits per heavy atom. The summed E-state index contributed by atoms with van der Waals surface area (Å²) >= 11 is 0. The van der Waals surface area contributed by atoms with Crippen LogP contribution in [0.5, 0.6) is 5.75 Å². The van der Waals surface area contributed by atoms with Gasteiger partial charge in [0.2, 0.25) is 0 Å². The molecule has 0 atom stereocenters. The van der Waals surface area contributed by atoms with Crippen molar-refractivity contribution in [1.82, 2.24) is 0 Å². The Balaban J connectivity index is 1.85. The summed E-state index contributed by atoms with van der Waals surface area (Å²) in [6, 6.07) is 5.91. The van der Waals surface area contributed by atoms with Gasteiger partial charge in [-0.3, -0.25) is 4.79 Å². The molecule has 2 aliphatic rings. The Hall–Kier alpha value is -1.75. The van der Waals surface area contributed by atoms with Gasteiger partial charge in [0, 0.05) is 31.9 Å². The third kappa shape index (κ3) is 2.26. The van der Waals surface area contributed by atoms with Gasteiger partial charge < -0.3 is 20.3 Å². The van der Waals surface area contributed by atoms with Crippen molar-refractivity contribution in [2.45, 2.75) is 18.4 Å². The number of anilines is 2.